The summed E-state index contributed by atoms with van der Waals surface area (Å²) in [5, 5.41) is 0.0539. The molecular formula is C17H22ClN3O2. The average molecular weight is 336 g/mol. The smallest absolute Gasteiger partial charge is 0.279 e. The third kappa shape index (κ3) is 3.54. The second kappa shape index (κ2) is 7.37. The van der Waals surface area contributed by atoms with Gasteiger partial charge in [-0.3, -0.25) is 19.4 Å². The first-order valence-corrected chi connectivity index (χ1v) is 8.75. The van der Waals surface area contributed by atoms with Gasteiger partial charge in [-0.05, 0) is 45.2 Å². The monoisotopic (exact) mass is 335 g/mol. The van der Waals surface area contributed by atoms with Gasteiger partial charge < -0.3 is 4.90 Å². The number of nitrogens with zero attached hydrogens (tertiary/aromatic N) is 3. The number of imide groups is 1. The summed E-state index contributed by atoms with van der Waals surface area (Å²) in [4.78, 5) is 30.1. The van der Waals surface area contributed by atoms with Crippen LogP contribution < -0.4 is 0 Å². The molecule has 5 nitrogen and oxygen atoms in total. The molecule has 3 aliphatic rings. The van der Waals surface area contributed by atoms with Crippen molar-refractivity contribution in [2.24, 2.45) is 0 Å². The number of halogens is 1. The number of carbonyl (C=O) groups excluding carboxylic acids is 2. The summed E-state index contributed by atoms with van der Waals surface area (Å²) in [6.07, 6.45) is 5.68. The number of amides is 2. The van der Waals surface area contributed by atoms with Gasteiger partial charge in [-0.25, -0.2) is 0 Å². The molecular weight excluding hydrogens is 314 g/mol. The molecule has 124 valence electrons. The van der Waals surface area contributed by atoms with E-state index in [1.54, 1.807) is 0 Å². The Morgan fingerprint density at radius 1 is 0.826 bits per heavy atom. The van der Waals surface area contributed by atoms with Gasteiger partial charge in [0, 0.05) is 13.1 Å². The van der Waals surface area contributed by atoms with Gasteiger partial charge in [0.05, 0.1) is 13.1 Å². The molecule has 2 fully saturated rings. The van der Waals surface area contributed by atoms with E-state index >= 15 is 0 Å². The van der Waals surface area contributed by atoms with Crippen LogP contribution in [0.25, 0.3) is 0 Å². The topological polar surface area (TPSA) is 43.9 Å². The zero-order valence-corrected chi connectivity index (χ0v) is 14.1. The van der Waals surface area contributed by atoms with Crippen LogP contribution in [0.15, 0.2) is 10.7 Å². The highest BCUT2D eigenvalue weighted by Gasteiger charge is 2.40. The molecule has 0 aliphatic carbocycles. The molecule has 3 heterocycles. The molecule has 6 heteroatoms. The predicted molar refractivity (Wildman–Crippen MR) is 88.5 cm³/mol. The maximum absolute atomic E-state index is 12.5. The van der Waals surface area contributed by atoms with Crippen molar-refractivity contribution >= 4 is 23.4 Å². The lowest BCUT2D eigenvalue weighted by molar-refractivity contribution is -0.137. The van der Waals surface area contributed by atoms with Crippen molar-refractivity contribution in [1.82, 2.24) is 14.7 Å². The molecule has 23 heavy (non-hydrogen) atoms. The Balaban J connectivity index is 1.60. The summed E-state index contributed by atoms with van der Waals surface area (Å²) in [7, 11) is 0. The Kier molecular flexibility index (Phi) is 5.24. The van der Waals surface area contributed by atoms with Crippen molar-refractivity contribution in [1.29, 1.82) is 0 Å². The number of rotatable bonds is 3. The van der Waals surface area contributed by atoms with E-state index in [9.17, 15) is 9.59 Å². The molecule has 0 N–H and O–H groups in total. The highest BCUT2D eigenvalue weighted by Crippen LogP contribution is 2.28. The number of hydrogen-bond donors (Lipinski definition) is 0. The lowest BCUT2D eigenvalue weighted by Crippen LogP contribution is -2.37. The summed E-state index contributed by atoms with van der Waals surface area (Å²) in [5.41, 5.74) is 0.373. The van der Waals surface area contributed by atoms with Gasteiger partial charge in [-0.1, -0.05) is 23.4 Å². The van der Waals surface area contributed by atoms with Gasteiger partial charge in [-0.15, -0.1) is 0 Å². The first kappa shape index (κ1) is 16.4. The number of hydrogen-bond acceptors (Lipinski definition) is 4. The minimum absolute atomic E-state index is 0.0539. The minimum atomic E-state index is -0.410. The molecule has 3 aliphatic heterocycles. The quantitative estimate of drug-likeness (QED) is 0.577. The second-order valence-corrected chi connectivity index (χ2v) is 6.62. The molecule has 2 saturated heterocycles. The van der Waals surface area contributed by atoms with E-state index in [-0.39, 0.29) is 17.5 Å². The van der Waals surface area contributed by atoms with Crippen LogP contribution in [0.2, 0.25) is 0 Å². The first-order chi connectivity index (χ1) is 11.2. The fourth-order valence-electron chi connectivity index (χ4n) is 3.31. The van der Waals surface area contributed by atoms with Crippen molar-refractivity contribution in [2.75, 3.05) is 39.3 Å². The minimum Gasteiger partial charge on any atom is -0.366 e. The van der Waals surface area contributed by atoms with Gasteiger partial charge in [-0.2, -0.15) is 0 Å². The summed E-state index contributed by atoms with van der Waals surface area (Å²) in [6.45, 7) is 4.58. The molecule has 0 bridgehead atoms. The van der Waals surface area contributed by atoms with E-state index in [0.717, 1.165) is 45.4 Å². The zero-order chi connectivity index (χ0) is 16.2. The summed E-state index contributed by atoms with van der Waals surface area (Å²) >= 11 is 6.14. The standard InChI is InChI=1S/C17H22ClN3O2/c18-14-15(20-11-2-1-3-12-20)17(23)21(16(14)22)13-7-6-10-19-8-4-5-9-19/h1-5,8-13H2. The number of likely N-dealkylation sites (tertiary alicyclic amines) is 2. The molecule has 0 atom stereocenters. The van der Waals surface area contributed by atoms with Crippen molar-refractivity contribution in [2.45, 2.75) is 32.1 Å². The Bertz CT molecular complexity index is 578. The Morgan fingerprint density at radius 3 is 2.13 bits per heavy atom. The van der Waals surface area contributed by atoms with Gasteiger partial charge in [0.2, 0.25) is 0 Å². The molecule has 0 aromatic carbocycles. The maximum atomic E-state index is 12.5. The number of piperidine rings is 1. The Hall–Kier alpha value is -1.51. The van der Waals surface area contributed by atoms with E-state index in [2.05, 4.69) is 16.7 Å². The normalized spacial score (nSPS) is 22.8. The van der Waals surface area contributed by atoms with Crippen molar-refractivity contribution in [3.63, 3.8) is 0 Å². The summed E-state index contributed by atoms with van der Waals surface area (Å²) < 4.78 is 0. The molecule has 0 aromatic heterocycles. The summed E-state index contributed by atoms with van der Waals surface area (Å²) in [5.74, 6) is 5.30. The van der Waals surface area contributed by atoms with Crippen molar-refractivity contribution in [3.05, 3.63) is 10.7 Å². The lowest BCUT2D eigenvalue weighted by Gasteiger charge is -2.29. The van der Waals surface area contributed by atoms with Crippen LogP contribution in [0, 0.1) is 11.8 Å². The predicted octanol–water partition coefficient (Wildman–Crippen LogP) is 1.39. The van der Waals surface area contributed by atoms with E-state index < -0.39 is 5.91 Å². The van der Waals surface area contributed by atoms with Crippen molar-refractivity contribution in [3.8, 4) is 11.8 Å². The maximum Gasteiger partial charge on any atom is 0.279 e. The molecule has 3 rings (SSSR count). The van der Waals surface area contributed by atoms with Crippen molar-refractivity contribution < 1.29 is 9.59 Å². The van der Waals surface area contributed by atoms with E-state index in [4.69, 9.17) is 11.6 Å². The number of carbonyl (C=O) groups is 2. The fourth-order valence-corrected chi connectivity index (χ4v) is 3.61. The average Bonchev–Trinajstić information content (AvgIpc) is 3.15. The van der Waals surface area contributed by atoms with E-state index in [0.29, 0.717) is 12.2 Å². The molecule has 0 aromatic rings. The van der Waals surface area contributed by atoms with Crippen LogP contribution >= 0.6 is 11.6 Å². The molecule has 0 radical (unpaired) electrons. The Morgan fingerprint density at radius 2 is 1.43 bits per heavy atom. The SMILES string of the molecule is O=C1C(Cl)=C(N2CCCCC2)C(=O)N1CC#CCN1CCCC1. The van der Waals surface area contributed by atoms with Gasteiger partial charge >= 0.3 is 0 Å². The largest absolute Gasteiger partial charge is 0.366 e. The van der Waals surface area contributed by atoms with Gasteiger partial charge in [0.1, 0.15) is 10.7 Å². The van der Waals surface area contributed by atoms with E-state index in [1.165, 1.54) is 17.7 Å². The molecule has 0 spiro atoms. The van der Waals surface area contributed by atoms with Crippen LogP contribution in [-0.4, -0.2) is 65.8 Å². The van der Waals surface area contributed by atoms with Crippen LogP contribution in [-0.2, 0) is 9.59 Å². The van der Waals surface area contributed by atoms with E-state index in [1.807, 2.05) is 4.90 Å². The summed E-state index contributed by atoms with van der Waals surface area (Å²) in [6, 6.07) is 0. The van der Waals surface area contributed by atoms with Crippen LogP contribution in [0.3, 0.4) is 0 Å². The van der Waals surface area contributed by atoms with Crippen LogP contribution in [0.4, 0.5) is 0 Å². The zero-order valence-electron chi connectivity index (χ0n) is 13.3. The third-order valence-corrected chi connectivity index (χ3v) is 4.97. The van der Waals surface area contributed by atoms with Crippen LogP contribution in [0.5, 0.6) is 0 Å². The fraction of sp³-hybridized carbons (Fsp3) is 0.647. The molecule has 0 unspecified atom stereocenters. The molecule has 2 amide bonds. The van der Waals surface area contributed by atoms with Gasteiger partial charge in [0.25, 0.3) is 11.8 Å². The van der Waals surface area contributed by atoms with Crippen LogP contribution in [0.1, 0.15) is 32.1 Å². The highest BCUT2D eigenvalue weighted by atomic mass is 35.5. The first-order valence-electron chi connectivity index (χ1n) is 8.37. The Labute approximate surface area is 142 Å². The third-order valence-electron chi connectivity index (χ3n) is 4.62. The lowest BCUT2D eigenvalue weighted by atomic mass is 10.1. The van der Waals surface area contributed by atoms with Gasteiger partial charge in [0.15, 0.2) is 0 Å². The highest BCUT2D eigenvalue weighted by molar-refractivity contribution is 6.47. The second-order valence-electron chi connectivity index (χ2n) is 6.24. The molecule has 0 saturated carbocycles.